The van der Waals surface area contributed by atoms with Crippen molar-refractivity contribution in [1.82, 2.24) is 5.32 Å². The molecule has 2 aromatic rings. The molecule has 1 amide bonds. The van der Waals surface area contributed by atoms with E-state index in [1.54, 1.807) is 18.2 Å². The molecule has 3 rings (SSSR count). The molecule has 0 atom stereocenters. The summed E-state index contributed by atoms with van der Waals surface area (Å²) >= 11 is 6.05. The lowest BCUT2D eigenvalue weighted by Gasteiger charge is -2.22. The molecular formula is C21H25ClN2O4S. The minimum Gasteiger partial charge on any atom is -0.484 e. The smallest absolute Gasteiger partial charge is 0.261 e. The molecule has 8 heteroatoms. The van der Waals surface area contributed by atoms with Gasteiger partial charge in [-0.25, -0.2) is 8.42 Å². The van der Waals surface area contributed by atoms with Crippen LogP contribution in [0.3, 0.4) is 0 Å². The fourth-order valence-electron chi connectivity index (χ4n) is 3.25. The van der Waals surface area contributed by atoms with Gasteiger partial charge in [-0.1, -0.05) is 36.9 Å². The molecule has 2 aromatic carbocycles. The van der Waals surface area contributed by atoms with Gasteiger partial charge in [-0.05, 0) is 61.7 Å². The summed E-state index contributed by atoms with van der Waals surface area (Å²) in [6.45, 7) is 1.75. The van der Waals surface area contributed by atoms with E-state index in [0.717, 1.165) is 31.2 Å². The van der Waals surface area contributed by atoms with Crippen molar-refractivity contribution in [2.24, 2.45) is 0 Å². The largest absolute Gasteiger partial charge is 0.484 e. The van der Waals surface area contributed by atoms with Crippen LogP contribution < -0.4 is 14.8 Å². The Labute approximate surface area is 176 Å². The SMILES string of the molecule is Cc1ccc(NS(=O)(=O)c2ccc(OCC(=O)NC3CCCCC3)cc2)cc1Cl. The van der Waals surface area contributed by atoms with E-state index in [-0.39, 0.29) is 23.5 Å². The number of benzene rings is 2. The molecule has 0 saturated heterocycles. The normalized spacial score (nSPS) is 15.0. The van der Waals surface area contributed by atoms with Crippen LogP contribution in [0.1, 0.15) is 37.7 Å². The molecule has 0 heterocycles. The van der Waals surface area contributed by atoms with Crippen molar-refractivity contribution >= 4 is 33.2 Å². The fourth-order valence-corrected chi connectivity index (χ4v) is 4.48. The quantitative estimate of drug-likeness (QED) is 0.678. The minimum atomic E-state index is -3.75. The highest BCUT2D eigenvalue weighted by Gasteiger charge is 2.17. The molecule has 2 N–H and O–H groups in total. The highest BCUT2D eigenvalue weighted by atomic mass is 35.5. The Hall–Kier alpha value is -2.25. The molecule has 156 valence electrons. The van der Waals surface area contributed by atoms with Crippen LogP contribution in [0.4, 0.5) is 5.69 Å². The molecule has 29 heavy (non-hydrogen) atoms. The van der Waals surface area contributed by atoms with Gasteiger partial charge < -0.3 is 10.1 Å². The van der Waals surface area contributed by atoms with Crippen LogP contribution in [0, 0.1) is 6.92 Å². The Bertz CT molecular complexity index is 955. The van der Waals surface area contributed by atoms with Gasteiger partial charge in [-0.3, -0.25) is 9.52 Å². The summed E-state index contributed by atoms with van der Waals surface area (Å²) in [5.41, 5.74) is 1.25. The van der Waals surface area contributed by atoms with Crippen LogP contribution in [-0.2, 0) is 14.8 Å². The Kier molecular flexibility index (Phi) is 7.03. The van der Waals surface area contributed by atoms with Crippen LogP contribution in [0.25, 0.3) is 0 Å². The van der Waals surface area contributed by atoms with Crippen molar-refractivity contribution in [3.05, 3.63) is 53.1 Å². The topological polar surface area (TPSA) is 84.5 Å². The Morgan fingerprint density at radius 3 is 2.45 bits per heavy atom. The third-order valence-electron chi connectivity index (χ3n) is 4.90. The minimum absolute atomic E-state index is 0.0909. The highest BCUT2D eigenvalue weighted by molar-refractivity contribution is 7.92. The predicted octanol–water partition coefficient (Wildman–Crippen LogP) is 4.28. The summed E-state index contributed by atoms with van der Waals surface area (Å²) in [5, 5.41) is 3.47. The van der Waals surface area contributed by atoms with Crippen LogP contribution in [-0.4, -0.2) is 27.0 Å². The van der Waals surface area contributed by atoms with Gasteiger partial charge in [-0.2, -0.15) is 0 Å². The molecule has 6 nitrogen and oxygen atoms in total. The number of halogens is 1. The van der Waals surface area contributed by atoms with Crippen molar-refractivity contribution in [3.8, 4) is 5.75 Å². The molecule has 1 aliphatic carbocycles. The van der Waals surface area contributed by atoms with Gasteiger partial charge in [-0.15, -0.1) is 0 Å². The summed E-state index contributed by atoms with van der Waals surface area (Å²) in [6.07, 6.45) is 5.54. The van der Waals surface area contributed by atoms with Gasteiger partial charge in [0.15, 0.2) is 6.61 Å². The van der Waals surface area contributed by atoms with Crippen molar-refractivity contribution in [2.75, 3.05) is 11.3 Å². The second-order valence-electron chi connectivity index (χ2n) is 7.23. The summed E-state index contributed by atoms with van der Waals surface area (Å²) in [6, 6.07) is 11.1. The molecule has 0 bridgehead atoms. The summed E-state index contributed by atoms with van der Waals surface area (Å²) < 4.78 is 33.1. The monoisotopic (exact) mass is 436 g/mol. The predicted molar refractivity (Wildman–Crippen MR) is 114 cm³/mol. The lowest BCUT2D eigenvalue weighted by molar-refractivity contribution is -0.124. The van der Waals surface area contributed by atoms with E-state index in [4.69, 9.17) is 16.3 Å². The number of rotatable bonds is 7. The Balaban J connectivity index is 1.55. The van der Waals surface area contributed by atoms with Gasteiger partial charge >= 0.3 is 0 Å². The maximum Gasteiger partial charge on any atom is 0.261 e. The van der Waals surface area contributed by atoms with Crippen LogP contribution in [0.2, 0.25) is 5.02 Å². The van der Waals surface area contributed by atoms with Crippen molar-refractivity contribution in [3.63, 3.8) is 0 Å². The molecule has 0 unspecified atom stereocenters. The third kappa shape index (κ3) is 6.11. The number of carbonyl (C=O) groups is 1. The van der Waals surface area contributed by atoms with Gasteiger partial charge in [0.05, 0.1) is 10.6 Å². The van der Waals surface area contributed by atoms with Gasteiger partial charge in [0, 0.05) is 11.1 Å². The van der Waals surface area contributed by atoms with E-state index in [1.165, 1.54) is 30.7 Å². The van der Waals surface area contributed by atoms with Crippen molar-refractivity contribution < 1.29 is 17.9 Å². The molecule has 0 aromatic heterocycles. The number of nitrogens with one attached hydrogen (secondary N) is 2. The first kappa shape index (κ1) is 21.5. The fraction of sp³-hybridized carbons (Fsp3) is 0.381. The van der Waals surface area contributed by atoms with Crippen molar-refractivity contribution in [2.45, 2.75) is 50.0 Å². The van der Waals surface area contributed by atoms with Crippen LogP contribution >= 0.6 is 11.6 Å². The number of hydrogen-bond donors (Lipinski definition) is 2. The number of aryl methyl sites for hydroxylation is 1. The summed E-state index contributed by atoms with van der Waals surface area (Å²) in [7, 11) is -3.75. The lowest BCUT2D eigenvalue weighted by Crippen LogP contribution is -2.38. The molecule has 0 spiro atoms. The van der Waals surface area contributed by atoms with Crippen molar-refractivity contribution in [1.29, 1.82) is 0 Å². The number of carbonyl (C=O) groups excluding carboxylic acids is 1. The molecule has 1 saturated carbocycles. The van der Waals surface area contributed by atoms with Gasteiger partial charge in [0.2, 0.25) is 0 Å². The van der Waals surface area contributed by atoms with E-state index in [1.807, 2.05) is 6.92 Å². The highest BCUT2D eigenvalue weighted by Crippen LogP contribution is 2.23. The van der Waals surface area contributed by atoms with E-state index >= 15 is 0 Å². The average molecular weight is 437 g/mol. The summed E-state index contributed by atoms with van der Waals surface area (Å²) in [4.78, 5) is 12.1. The van der Waals surface area contributed by atoms with Gasteiger partial charge in [0.25, 0.3) is 15.9 Å². The molecular weight excluding hydrogens is 412 g/mol. The lowest BCUT2D eigenvalue weighted by atomic mass is 9.95. The van der Waals surface area contributed by atoms with E-state index in [2.05, 4.69) is 10.0 Å². The van der Waals surface area contributed by atoms with Gasteiger partial charge in [0.1, 0.15) is 5.75 Å². The molecule has 1 fully saturated rings. The van der Waals surface area contributed by atoms with Crippen LogP contribution in [0.5, 0.6) is 5.75 Å². The second kappa shape index (κ2) is 9.50. The Morgan fingerprint density at radius 1 is 1.10 bits per heavy atom. The first-order valence-corrected chi connectivity index (χ1v) is 11.5. The number of sulfonamides is 1. The zero-order chi connectivity index (χ0) is 20.9. The number of amides is 1. The molecule has 0 aliphatic heterocycles. The Morgan fingerprint density at radius 2 is 1.79 bits per heavy atom. The van der Waals surface area contributed by atoms with Crippen LogP contribution in [0.15, 0.2) is 47.4 Å². The second-order valence-corrected chi connectivity index (χ2v) is 9.32. The first-order chi connectivity index (χ1) is 13.8. The molecule has 0 radical (unpaired) electrons. The maximum absolute atomic E-state index is 12.5. The van der Waals surface area contributed by atoms with E-state index in [9.17, 15) is 13.2 Å². The number of hydrogen-bond acceptors (Lipinski definition) is 4. The average Bonchev–Trinajstić information content (AvgIpc) is 2.70. The van der Waals surface area contributed by atoms with E-state index in [0.29, 0.717) is 16.5 Å². The number of ether oxygens (including phenoxy) is 1. The standard InChI is InChI=1S/C21H25ClN2O4S/c1-15-7-8-17(13-20(15)22)24-29(26,27)19-11-9-18(10-12-19)28-14-21(25)23-16-5-3-2-4-6-16/h7-13,16,24H,2-6,14H2,1H3,(H,23,25). The third-order valence-corrected chi connectivity index (χ3v) is 6.70. The molecule has 1 aliphatic rings. The number of anilines is 1. The maximum atomic E-state index is 12.5. The first-order valence-electron chi connectivity index (χ1n) is 9.65. The zero-order valence-corrected chi connectivity index (χ0v) is 17.9. The van der Waals surface area contributed by atoms with E-state index < -0.39 is 10.0 Å². The zero-order valence-electron chi connectivity index (χ0n) is 16.3. The summed E-state index contributed by atoms with van der Waals surface area (Å²) in [5.74, 6) is 0.271.